The second-order valence-corrected chi connectivity index (χ2v) is 14.5. The summed E-state index contributed by atoms with van der Waals surface area (Å²) in [5.74, 6) is -1.32. The number of hydrogen-bond acceptors (Lipinski definition) is 9. The Kier molecular flexibility index (Phi) is 9.19. The van der Waals surface area contributed by atoms with Gasteiger partial charge in [0.2, 0.25) is 11.8 Å². The lowest BCUT2D eigenvalue weighted by atomic mass is 9.95. The number of rotatable bonds is 7. The number of alkyl halides is 3. The number of amides is 3. The average molecular weight is 722 g/mol. The monoisotopic (exact) mass is 721 g/mol. The van der Waals surface area contributed by atoms with E-state index in [1.54, 1.807) is 26.0 Å². The number of nitrogens with one attached hydrogen (secondary N) is 2. The summed E-state index contributed by atoms with van der Waals surface area (Å²) in [5.41, 5.74) is 1.70. The molecule has 3 aliphatic rings. The molecule has 0 bridgehead atoms. The second kappa shape index (κ2) is 13.3. The van der Waals surface area contributed by atoms with E-state index in [1.807, 2.05) is 15.8 Å². The van der Waals surface area contributed by atoms with E-state index < -0.39 is 29.1 Å². The number of pyridine rings is 1. The summed E-state index contributed by atoms with van der Waals surface area (Å²) in [6, 6.07) is 12.6. The fourth-order valence-corrected chi connectivity index (χ4v) is 7.77. The fourth-order valence-electron chi connectivity index (χ4n) is 7.28. The third-order valence-electron chi connectivity index (χ3n) is 9.94. The smallest absolute Gasteiger partial charge is 0.386 e. The lowest BCUT2D eigenvalue weighted by Crippen LogP contribution is -2.51. The topological polar surface area (TPSA) is 133 Å². The standard InChI is InChI=1S/C36H38F3N7O4S/c1-35(2,50)25-16-27-22(15-28(25)41-32(48)26-4-3-5-30(40-26)36(37,38)39)19-46(43-27)23-10-12-44(13-11-23)17-20-6-7-24-21(14-20)18-45(34(24)51)29-8-9-31(47)42-33(29)49/h3-7,14-16,19,23,29,34,50-51H,8-13,17-18H2,1-2H3,(H,41,48)(H,42,47,49). The van der Waals surface area contributed by atoms with Gasteiger partial charge in [0.25, 0.3) is 5.91 Å². The maximum atomic E-state index is 13.2. The van der Waals surface area contributed by atoms with Crippen LogP contribution in [0.2, 0.25) is 0 Å². The van der Waals surface area contributed by atoms with Crippen molar-refractivity contribution in [2.45, 2.75) is 81.9 Å². The van der Waals surface area contributed by atoms with Crippen molar-refractivity contribution in [1.29, 1.82) is 0 Å². The molecule has 3 N–H and O–H groups in total. The molecule has 0 saturated carbocycles. The molecule has 0 aliphatic carbocycles. The maximum absolute atomic E-state index is 13.2. The molecule has 2 atom stereocenters. The van der Waals surface area contributed by atoms with Gasteiger partial charge in [-0.3, -0.25) is 34.2 Å². The highest BCUT2D eigenvalue weighted by atomic mass is 32.1. The molecule has 3 amide bonds. The molecule has 15 heteroatoms. The largest absolute Gasteiger partial charge is 0.433 e. The predicted molar refractivity (Wildman–Crippen MR) is 186 cm³/mol. The number of carbonyl (C=O) groups excluding carboxylic acids is 3. The lowest BCUT2D eigenvalue weighted by Gasteiger charge is -2.32. The molecule has 7 rings (SSSR count). The zero-order valence-corrected chi connectivity index (χ0v) is 29.0. The van der Waals surface area contributed by atoms with Gasteiger partial charge in [-0.25, -0.2) is 4.98 Å². The van der Waals surface area contributed by atoms with Crippen LogP contribution in [0.15, 0.2) is 54.7 Å². The molecule has 5 heterocycles. The third-order valence-corrected chi connectivity index (χ3v) is 10.5. The highest BCUT2D eigenvalue weighted by Gasteiger charge is 2.39. The highest BCUT2D eigenvalue weighted by molar-refractivity contribution is 7.80. The Morgan fingerprint density at radius 3 is 2.55 bits per heavy atom. The molecule has 4 aromatic rings. The SMILES string of the molecule is CC(C)(O)c1cc2nn(C3CCN(Cc4ccc5c(c4)CN(C4CCC(=O)NC4=O)C5S)CC3)cc2cc1NC(=O)c1cccc(C(F)(F)F)n1. The van der Waals surface area contributed by atoms with Crippen molar-refractivity contribution >= 4 is 46.9 Å². The van der Waals surface area contributed by atoms with E-state index in [2.05, 4.69) is 38.7 Å². The number of nitrogens with zero attached hydrogens (tertiary/aromatic N) is 5. The Bertz CT molecular complexity index is 2020. The number of likely N-dealkylation sites (tertiary alicyclic amines) is 1. The summed E-state index contributed by atoms with van der Waals surface area (Å²) < 4.78 is 41.5. The molecular weight excluding hydrogens is 684 g/mol. The minimum absolute atomic E-state index is 0.124. The van der Waals surface area contributed by atoms with E-state index in [4.69, 9.17) is 17.7 Å². The first kappa shape index (κ1) is 35.1. The number of aliphatic hydroxyl groups is 1. The Labute approximate surface area is 297 Å². The van der Waals surface area contributed by atoms with Gasteiger partial charge < -0.3 is 10.4 Å². The Morgan fingerprint density at radius 1 is 1.08 bits per heavy atom. The van der Waals surface area contributed by atoms with E-state index >= 15 is 0 Å². The summed E-state index contributed by atoms with van der Waals surface area (Å²) >= 11 is 4.81. The normalized spacial score (nSPS) is 20.8. The van der Waals surface area contributed by atoms with Gasteiger partial charge in [0.1, 0.15) is 11.4 Å². The van der Waals surface area contributed by atoms with E-state index in [0.717, 1.165) is 55.7 Å². The third kappa shape index (κ3) is 7.25. The van der Waals surface area contributed by atoms with Gasteiger partial charge in [-0.1, -0.05) is 24.3 Å². The van der Waals surface area contributed by atoms with Crippen molar-refractivity contribution in [3.05, 3.63) is 88.4 Å². The van der Waals surface area contributed by atoms with Gasteiger partial charge in [-0.05, 0) is 74.1 Å². The highest BCUT2D eigenvalue weighted by Crippen LogP contribution is 2.40. The van der Waals surface area contributed by atoms with Crippen LogP contribution in [0.1, 0.15) is 89.4 Å². The molecule has 2 aromatic carbocycles. The summed E-state index contributed by atoms with van der Waals surface area (Å²) in [6.07, 6.45) is -0.286. The van der Waals surface area contributed by atoms with E-state index in [0.29, 0.717) is 35.9 Å². The van der Waals surface area contributed by atoms with Gasteiger partial charge in [0.15, 0.2) is 0 Å². The van der Waals surface area contributed by atoms with Crippen LogP contribution in [0, 0.1) is 0 Å². The molecule has 11 nitrogen and oxygen atoms in total. The van der Waals surface area contributed by atoms with Crippen molar-refractivity contribution in [3.63, 3.8) is 0 Å². The molecule has 2 fully saturated rings. The van der Waals surface area contributed by atoms with Crippen molar-refractivity contribution in [3.8, 4) is 0 Å². The van der Waals surface area contributed by atoms with Crippen LogP contribution in [0.4, 0.5) is 18.9 Å². The van der Waals surface area contributed by atoms with Crippen molar-refractivity contribution in [1.82, 2.24) is 29.9 Å². The van der Waals surface area contributed by atoms with Crippen LogP contribution >= 0.6 is 12.6 Å². The summed E-state index contributed by atoms with van der Waals surface area (Å²) in [5, 5.41) is 21.4. The number of aromatic nitrogens is 3. The Hall–Kier alpha value is -4.31. The molecular formula is C36H38F3N7O4S. The van der Waals surface area contributed by atoms with Gasteiger partial charge in [-0.15, -0.1) is 0 Å². The molecule has 268 valence electrons. The van der Waals surface area contributed by atoms with Crippen molar-refractivity contribution in [2.75, 3.05) is 18.4 Å². The maximum Gasteiger partial charge on any atom is 0.433 e. The number of hydrogen-bond donors (Lipinski definition) is 4. The van der Waals surface area contributed by atoms with Crippen LogP contribution in [-0.2, 0) is 34.5 Å². The Balaban J connectivity index is 1.01. The molecule has 2 aromatic heterocycles. The van der Waals surface area contributed by atoms with E-state index in [1.165, 1.54) is 11.6 Å². The van der Waals surface area contributed by atoms with Gasteiger partial charge in [0.05, 0.1) is 28.6 Å². The van der Waals surface area contributed by atoms with Crippen LogP contribution < -0.4 is 10.6 Å². The van der Waals surface area contributed by atoms with Crippen molar-refractivity contribution in [2.24, 2.45) is 0 Å². The molecule has 0 spiro atoms. The molecule has 3 aliphatic heterocycles. The first-order valence-corrected chi connectivity index (χ1v) is 17.4. The van der Waals surface area contributed by atoms with E-state index in [9.17, 15) is 32.7 Å². The number of carbonyl (C=O) groups is 3. The zero-order valence-electron chi connectivity index (χ0n) is 28.1. The first-order chi connectivity index (χ1) is 24.1. The predicted octanol–water partition coefficient (Wildman–Crippen LogP) is 5.32. The quantitative estimate of drug-likeness (QED) is 0.149. The molecule has 2 saturated heterocycles. The molecule has 0 radical (unpaired) electrons. The first-order valence-electron chi connectivity index (χ1n) is 16.9. The summed E-state index contributed by atoms with van der Waals surface area (Å²) in [6.45, 7) is 6.18. The van der Waals surface area contributed by atoms with Gasteiger partial charge in [0, 0.05) is 55.4 Å². The van der Waals surface area contributed by atoms with Crippen molar-refractivity contribution < 1.29 is 32.7 Å². The van der Waals surface area contributed by atoms with Gasteiger partial charge in [-0.2, -0.15) is 30.9 Å². The number of halogens is 3. The van der Waals surface area contributed by atoms with Gasteiger partial charge >= 0.3 is 6.18 Å². The average Bonchev–Trinajstić information content (AvgIpc) is 3.64. The number of fused-ring (bicyclic) bond motifs is 2. The van der Waals surface area contributed by atoms with Crippen LogP contribution in [0.25, 0.3) is 10.9 Å². The minimum Gasteiger partial charge on any atom is -0.386 e. The molecule has 51 heavy (non-hydrogen) atoms. The lowest BCUT2D eigenvalue weighted by molar-refractivity contribution is -0.141. The second-order valence-electron chi connectivity index (χ2n) is 14.0. The van der Waals surface area contributed by atoms with Crippen LogP contribution in [0.3, 0.4) is 0 Å². The number of imide groups is 1. The number of piperidine rings is 2. The molecule has 2 unspecified atom stereocenters. The Morgan fingerprint density at radius 2 is 1.84 bits per heavy atom. The number of benzene rings is 2. The van der Waals surface area contributed by atoms with E-state index in [-0.39, 0.29) is 35.0 Å². The number of anilines is 1. The number of thiol groups is 1. The fraction of sp³-hybridized carbons (Fsp3) is 0.417. The zero-order chi connectivity index (χ0) is 36.2. The van der Waals surface area contributed by atoms with Crippen LogP contribution in [0.5, 0.6) is 0 Å². The van der Waals surface area contributed by atoms with Crippen LogP contribution in [-0.4, -0.2) is 66.5 Å². The summed E-state index contributed by atoms with van der Waals surface area (Å²) in [4.78, 5) is 45.1. The minimum atomic E-state index is -4.69. The summed E-state index contributed by atoms with van der Waals surface area (Å²) in [7, 11) is 0.